The van der Waals surface area contributed by atoms with Crippen molar-refractivity contribution < 1.29 is 5.11 Å². The predicted molar refractivity (Wildman–Crippen MR) is 60.9 cm³/mol. The van der Waals surface area contributed by atoms with Crippen LogP contribution in [0, 0.1) is 5.92 Å². The molecule has 0 bridgehead atoms. The topological polar surface area (TPSA) is 20.2 Å². The molecule has 1 unspecified atom stereocenters. The van der Waals surface area contributed by atoms with Crippen molar-refractivity contribution in [3.63, 3.8) is 0 Å². The van der Waals surface area contributed by atoms with Gasteiger partial charge in [0.05, 0.1) is 9.94 Å². The highest BCUT2D eigenvalue weighted by atomic mass is 35.5. The van der Waals surface area contributed by atoms with Crippen molar-refractivity contribution in [1.82, 2.24) is 0 Å². The van der Waals surface area contributed by atoms with Crippen LogP contribution in [0.25, 0.3) is 0 Å². The standard InChI is InChI=1S/C11H15ClOS/c1-11(13,8-4-2-3-5-8)9-6-7-14-10(9)12/h6-8,13H,2-5H2,1H3. The molecule has 1 aliphatic carbocycles. The van der Waals surface area contributed by atoms with E-state index in [4.69, 9.17) is 11.6 Å². The Morgan fingerprint density at radius 2 is 2.14 bits per heavy atom. The maximum atomic E-state index is 10.5. The molecule has 3 heteroatoms. The third-order valence-corrected chi connectivity index (χ3v) is 4.48. The van der Waals surface area contributed by atoms with Crippen molar-refractivity contribution in [1.29, 1.82) is 0 Å². The van der Waals surface area contributed by atoms with Gasteiger partial charge in [0.25, 0.3) is 0 Å². The fourth-order valence-electron chi connectivity index (χ4n) is 2.37. The molecule has 1 aromatic rings. The van der Waals surface area contributed by atoms with E-state index >= 15 is 0 Å². The average Bonchev–Trinajstić information content (AvgIpc) is 2.72. The Morgan fingerprint density at radius 1 is 1.50 bits per heavy atom. The molecule has 0 radical (unpaired) electrons. The Kier molecular flexibility index (Phi) is 2.87. The van der Waals surface area contributed by atoms with Gasteiger partial charge in [0.15, 0.2) is 0 Å². The first kappa shape index (κ1) is 10.5. The van der Waals surface area contributed by atoms with E-state index in [2.05, 4.69) is 0 Å². The highest BCUT2D eigenvalue weighted by Gasteiger charge is 2.37. The van der Waals surface area contributed by atoms with Crippen molar-refractivity contribution in [3.05, 3.63) is 21.3 Å². The molecule has 14 heavy (non-hydrogen) atoms. The lowest BCUT2D eigenvalue weighted by molar-refractivity contribution is -0.00283. The number of hydrogen-bond donors (Lipinski definition) is 1. The third-order valence-electron chi connectivity index (χ3n) is 3.31. The van der Waals surface area contributed by atoms with Gasteiger partial charge in [-0.1, -0.05) is 24.4 Å². The normalized spacial score (nSPS) is 22.5. The van der Waals surface area contributed by atoms with Crippen LogP contribution in [0.5, 0.6) is 0 Å². The molecule has 0 aliphatic heterocycles. The van der Waals surface area contributed by atoms with E-state index in [0.717, 1.165) is 22.7 Å². The van der Waals surface area contributed by atoms with E-state index in [0.29, 0.717) is 5.92 Å². The Labute approximate surface area is 93.7 Å². The molecule has 78 valence electrons. The van der Waals surface area contributed by atoms with E-state index in [1.807, 2.05) is 18.4 Å². The number of aliphatic hydroxyl groups is 1. The molecular formula is C11H15ClOS. The maximum absolute atomic E-state index is 10.5. The monoisotopic (exact) mass is 230 g/mol. The minimum Gasteiger partial charge on any atom is -0.385 e. The quantitative estimate of drug-likeness (QED) is 0.820. The van der Waals surface area contributed by atoms with Crippen LogP contribution < -0.4 is 0 Å². The highest BCUT2D eigenvalue weighted by Crippen LogP contribution is 2.43. The fraction of sp³-hybridized carbons (Fsp3) is 0.636. The summed E-state index contributed by atoms with van der Waals surface area (Å²) in [5.41, 5.74) is 0.184. The summed E-state index contributed by atoms with van der Waals surface area (Å²) in [6.07, 6.45) is 4.73. The molecule has 1 aliphatic rings. The molecule has 0 aromatic carbocycles. The first-order valence-corrected chi connectivity index (χ1v) is 6.34. The molecule has 1 aromatic heterocycles. The summed E-state index contributed by atoms with van der Waals surface area (Å²) in [5.74, 6) is 0.384. The highest BCUT2D eigenvalue weighted by molar-refractivity contribution is 7.14. The van der Waals surface area contributed by atoms with Crippen molar-refractivity contribution in [2.24, 2.45) is 5.92 Å². The zero-order valence-corrected chi connectivity index (χ0v) is 9.87. The summed E-state index contributed by atoms with van der Waals surface area (Å²) in [6.45, 7) is 1.90. The summed E-state index contributed by atoms with van der Waals surface area (Å²) in [6, 6.07) is 1.95. The molecule has 1 N–H and O–H groups in total. The molecule has 1 fully saturated rings. The summed E-state index contributed by atoms with van der Waals surface area (Å²) in [7, 11) is 0. The minimum atomic E-state index is -0.729. The molecule has 0 saturated heterocycles. The second-order valence-corrected chi connectivity index (χ2v) is 5.76. The van der Waals surface area contributed by atoms with Gasteiger partial charge in [-0.15, -0.1) is 11.3 Å². The first-order chi connectivity index (χ1) is 6.62. The molecule has 1 atom stereocenters. The van der Waals surface area contributed by atoms with Crippen molar-refractivity contribution >= 4 is 22.9 Å². The fourth-order valence-corrected chi connectivity index (χ4v) is 3.50. The van der Waals surface area contributed by atoms with Gasteiger partial charge in [-0.2, -0.15) is 0 Å². The van der Waals surface area contributed by atoms with Crippen LogP contribution in [0.2, 0.25) is 4.34 Å². The Bertz CT molecular complexity index is 313. The first-order valence-electron chi connectivity index (χ1n) is 5.08. The molecule has 2 rings (SSSR count). The molecule has 1 nitrogen and oxygen atoms in total. The van der Waals surface area contributed by atoms with Crippen LogP contribution in [0.4, 0.5) is 0 Å². The summed E-state index contributed by atoms with van der Waals surface area (Å²) in [5, 5.41) is 12.4. The number of hydrogen-bond acceptors (Lipinski definition) is 2. The SMILES string of the molecule is CC(O)(c1ccsc1Cl)C1CCCC1. The Hall–Kier alpha value is -0.0500. The Balaban J connectivity index is 2.26. The van der Waals surface area contributed by atoms with Gasteiger partial charge in [0, 0.05) is 5.56 Å². The van der Waals surface area contributed by atoms with Gasteiger partial charge < -0.3 is 5.11 Å². The van der Waals surface area contributed by atoms with Gasteiger partial charge in [0.1, 0.15) is 0 Å². The average molecular weight is 231 g/mol. The van der Waals surface area contributed by atoms with Crippen LogP contribution >= 0.6 is 22.9 Å². The lowest BCUT2D eigenvalue weighted by Crippen LogP contribution is -2.29. The minimum absolute atomic E-state index is 0.384. The van der Waals surface area contributed by atoms with Crippen molar-refractivity contribution in [2.45, 2.75) is 38.2 Å². The van der Waals surface area contributed by atoms with Gasteiger partial charge in [-0.25, -0.2) is 0 Å². The van der Waals surface area contributed by atoms with E-state index in [1.54, 1.807) is 0 Å². The molecular weight excluding hydrogens is 216 g/mol. The Morgan fingerprint density at radius 3 is 2.64 bits per heavy atom. The van der Waals surface area contributed by atoms with Crippen LogP contribution in [0.3, 0.4) is 0 Å². The molecule has 1 saturated carbocycles. The van der Waals surface area contributed by atoms with Crippen LogP contribution in [0.15, 0.2) is 11.4 Å². The third kappa shape index (κ3) is 1.71. The van der Waals surface area contributed by atoms with Crippen LogP contribution in [0.1, 0.15) is 38.2 Å². The van der Waals surface area contributed by atoms with E-state index in [-0.39, 0.29) is 0 Å². The molecule has 0 spiro atoms. The lowest BCUT2D eigenvalue weighted by Gasteiger charge is -2.29. The zero-order chi connectivity index (χ0) is 10.2. The lowest BCUT2D eigenvalue weighted by atomic mass is 9.83. The van der Waals surface area contributed by atoms with Crippen molar-refractivity contribution in [2.75, 3.05) is 0 Å². The van der Waals surface area contributed by atoms with Gasteiger partial charge in [0.2, 0.25) is 0 Å². The summed E-state index contributed by atoms with van der Waals surface area (Å²) in [4.78, 5) is 0. The van der Waals surface area contributed by atoms with Gasteiger partial charge in [-0.05, 0) is 37.1 Å². The van der Waals surface area contributed by atoms with Gasteiger partial charge >= 0.3 is 0 Å². The van der Waals surface area contributed by atoms with Crippen molar-refractivity contribution in [3.8, 4) is 0 Å². The van der Waals surface area contributed by atoms with Crippen LogP contribution in [-0.4, -0.2) is 5.11 Å². The van der Waals surface area contributed by atoms with E-state index in [9.17, 15) is 5.11 Å². The number of thiophene rings is 1. The van der Waals surface area contributed by atoms with Crippen LogP contribution in [-0.2, 0) is 5.60 Å². The zero-order valence-electron chi connectivity index (χ0n) is 8.29. The second-order valence-electron chi connectivity index (χ2n) is 4.24. The predicted octanol–water partition coefficient (Wildman–Crippen LogP) is 3.80. The smallest absolute Gasteiger partial charge is 0.0989 e. The largest absolute Gasteiger partial charge is 0.385 e. The molecule has 1 heterocycles. The van der Waals surface area contributed by atoms with Gasteiger partial charge in [-0.3, -0.25) is 0 Å². The summed E-state index contributed by atoms with van der Waals surface area (Å²) < 4.78 is 0.738. The summed E-state index contributed by atoms with van der Waals surface area (Å²) >= 11 is 7.56. The maximum Gasteiger partial charge on any atom is 0.0989 e. The number of rotatable bonds is 2. The second kappa shape index (κ2) is 3.84. The van der Waals surface area contributed by atoms with E-state index in [1.165, 1.54) is 24.2 Å². The van der Waals surface area contributed by atoms with E-state index < -0.39 is 5.60 Å². The number of halogens is 1. The molecule has 0 amide bonds.